The van der Waals surface area contributed by atoms with Crippen LogP contribution in [0.5, 0.6) is 0 Å². The predicted octanol–water partition coefficient (Wildman–Crippen LogP) is 5.38. The van der Waals surface area contributed by atoms with Crippen molar-refractivity contribution in [2.24, 2.45) is 0 Å². The minimum atomic E-state index is -3.34. The summed E-state index contributed by atoms with van der Waals surface area (Å²) in [5, 5.41) is 0. The van der Waals surface area contributed by atoms with E-state index in [1.54, 1.807) is 0 Å². The van der Waals surface area contributed by atoms with E-state index in [1.807, 2.05) is 30.6 Å². The van der Waals surface area contributed by atoms with E-state index in [0.29, 0.717) is 12.5 Å². The number of rotatable bonds is 8. The zero-order chi connectivity index (χ0) is 25.7. The van der Waals surface area contributed by atoms with Crippen LogP contribution in [0.2, 0.25) is 0 Å². The fraction of sp³-hybridized carbons (Fsp3) is 0.433. The molecule has 1 aliphatic carbocycles. The molecule has 2 fully saturated rings. The van der Waals surface area contributed by atoms with Crippen molar-refractivity contribution < 1.29 is 13.2 Å². The fourth-order valence-corrected chi connectivity index (χ4v) is 6.72. The van der Waals surface area contributed by atoms with Crippen LogP contribution in [0, 0.1) is 0 Å². The summed E-state index contributed by atoms with van der Waals surface area (Å²) in [5.41, 5.74) is 4.59. The SMILES string of the molecule is CS(=O)(=O)N[C@H]1CCCN(c2cncc(-c3ccccc3)c2)C1COC1CCC(c2ccccc2)CC1. The molecule has 1 aromatic heterocycles. The van der Waals surface area contributed by atoms with Crippen LogP contribution in [0.25, 0.3) is 11.1 Å². The van der Waals surface area contributed by atoms with Gasteiger partial charge in [0.05, 0.1) is 36.9 Å². The second-order valence-corrected chi connectivity index (χ2v) is 12.2. The number of nitrogens with one attached hydrogen (secondary N) is 1. The molecule has 6 nitrogen and oxygen atoms in total. The van der Waals surface area contributed by atoms with Crippen LogP contribution in [0.1, 0.15) is 50.0 Å². The lowest BCUT2D eigenvalue weighted by atomic mass is 9.83. The molecule has 1 saturated carbocycles. The van der Waals surface area contributed by atoms with E-state index in [9.17, 15) is 8.42 Å². The second kappa shape index (κ2) is 11.8. The van der Waals surface area contributed by atoms with E-state index in [-0.39, 0.29) is 18.2 Å². The van der Waals surface area contributed by atoms with E-state index >= 15 is 0 Å². The molecule has 1 saturated heterocycles. The number of piperidine rings is 1. The van der Waals surface area contributed by atoms with Gasteiger partial charge in [0.1, 0.15) is 0 Å². The first-order valence-electron chi connectivity index (χ1n) is 13.4. The van der Waals surface area contributed by atoms with Crippen LogP contribution in [-0.2, 0) is 14.8 Å². The molecule has 7 heteroatoms. The van der Waals surface area contributed by atoms with E-state index in [1.165, 1.54) is 11.8 Å². The Kier molecular flexibility index (Phi) is 8.23. The van der Waals surface area contributed by atoms with Gasteiger partial charge in [-0.3, -0.25) is 4.98 Å². The zero-order valence-electron chi connectivity index (χ0n) is 21.5. The molecule has 0 amide bonds. The number of hydrogen-bond donors (Lipinski definition) is 1. The summed E-state index contributed by atoms with van der Waals surface area (Å²) in [6.07, 6.45) is 11.2. The third-order valence-corrected chi connectivity index (χ3v) is 8.49. The quantitative estimate of drug-likeness (QED) is 0.433. The molecule has 0 spiro atoms. The van der Waals surface area contributed by atoms with Gasteiger partial charge in [-0.25, -0.2) is 13.1 Å². The third-order valence-electron chi connectivity index (χ3n) is 7.75. The highest BCUT2D eigenvalue weighted by molar-refractivity contribution is 7.88. The Bertz CT molecular complexity index is 1250. The largest absolute Gasteiger partial charge is 0.376 e. The van der Waals surface area contributed by atoms with Crippen molar-refractivity contribution in [1.82, 2.24) is 9.71 Å². The van der Waals surface area contributed by atoms with Crippen LogP contribution >= 0.6 is 0 Å². The summed E-state index contributed by atoms with van der Waals surface area (Å²) in [6.45, 7) is 1.33. The van der Waals surface area contributed by atoms with Gasteiger partial charge in [0, 0.05) is 24.3 Å². The van der Waals surface area contributed by atoms with Gasteiger partial charge in [0.15, 0.2) is 0 Å². The van der Waals surface area contributed by atoms with E-state index in [4.69, 9.17) is 4.74 Å². The van der Waals surface area contributed by atoms with Crippen LogP contribution in [0.15, 0.2) is 79.1 Å². The van der Waals surface area contributed by atoms with Crippen LogP contribution in [-0.4, -0.2) is 51.0 Å². The van der Waals surface area contributed by atoms with E-state index in [2.05, 4.69) is 63.1 Å². The lowest BCUT2D eigenvalue weighted by molar-refractivity contribution is 0.0102. The average molecular weight is 520 g/mol. The summed E-state index contributed by atoms with van der Waals surface area (Å²) >= 11 is 0. The lowest BCUT2D eigenvalue weighted by Gasteiger charge is -2.43. The van der Waals surface area contributed by atoms with Gasteiger partial charge >= 0.3 is 0 Å². The normalized spacial score (nSPS) is 24.6. The number of ether oxygens (including phenoxy) is 1. The molecular formula is C30H37N3O3S. The number of hydrogen-bond acceptors (Lipinski definition) is 5. The lowest BCUT2D eigenvalue weighted by Crippen LogP contribution is -2.57. The smallest absolute Gasteiger partial charge is 0.209 e. The van der Waals surface area contributed by atoms with Crippen molar-refractivity contribution >= 4 is 15.7 Å². The topological polar surface area (TPSA) is 71.5 Å². The summed E-state index contributed by atoms with van der Waals surface area (Å²) in [5.74, 6) is 0.596. The molecule has 2 atom stereocenters. The monoisotopic (exact) mass is 519 g/mol. The van der Waals surface area contributed by atoms with Crippen LogP contribution < -0.4 is 9.62 Å². The Morgan fingerprint density at radius 2 is 1.62 bits per heavy atom. The van der Waals surface area contributed by atoms with Crippen molar-refractivity contribution in [3.8, 4) is 11.1 Å². The molecule has 1 N–H and O–H groups in total. The molecular weight excluding hydrogens is 482 g/mol. The zero-order valence-corrected chi connectivity index (χ0v) is 22.3. The first-order valence-corrected chi connectivity index (χ1v) is 15.3. The summed E-state index contributed by atoms with van der Waals surface area (Å²) in [7, 11) is -3.34. The Balaban J connectivity index is 1.31. The van der Waals surface area contributed by atoms with Crippen LogP contribution in [0.3, 0.4) is 0 Å². The van der Waals surface area contributed by atoms with Gasteiger partial charge < -0.3 is 9.64 Å². The Labute approximate surface area is 221 Å². The molecule has 37 heavy (non-hydrogen) atoms. The van der Waals surface area contributed by atoms with Gasteiger partial charge in [-0.1, -0.05) is 60.7 Å². The number of anilines is 1. The van der Waals surface area contributed by atoms with Gasteiger partial charge in [-0.2, -0.15) is 0 Å². The molecule has 196 valence electrons. The van der Waals surface area contributed by atoms with Gasteiger partial charge in [-0.05, 0) is 61.6 Å². The van der Waals surface area contributed by atoms with E-state index < -0.39 is 10.0 Å². The fourth-order valence-electron chi connectivity index (χ4n) is 5.89. The third kappa shape index (κ3) is 6.78. The van der Waals surface area contributed by atoms with E-state index in [0.717, 1.165) is 61.9 Å². The highest BCUT2D eigenvalue weighted by Gasteiger charge is 2.35. The average Bonchev–Trinajstić information content (AvgIpc) is 2.93. The molecule has 0 bridgehead atoms. The maximum Gasteiger partial charge on any atom is 0.209 e. The Hall–Kier alpha value is -2.74. The van der Waals surface area contributed by atoms with Crippen molar-refractivity contribution in [2.75, 3.05) is 24.3 Å². The Morgan fingerprint density at radius 1 is 0.919 bits per heavy atom. The number of benzene rings is 2. The molecule has 1 aliphatic heterocycles. The van der Waals surface area contributed by atoms with Crippen molar-refractivity contribution in [3.05, 3.63) is 84.7 Å². The molecule has 2 aromatic carbocycles. The van der Waals surface area contributed by atoms with Crippen molar-refractivity contribution in [3.63, 3.8) is 0 Å². The van der Waals surface area contributed by atoms with Crippen molar-refractivity contribution in [1.29, 1.82) is 0 Å². The predicted molar refractivity (Wildman–Crippen MR) is 149 cm³/mol. The minimum Gasteiger partial charge on any atom is -0.376 e. The standard InChI is InChI=1S/C30H37N3O3S/c1-37(34,35)32-29-13-8-18-33(27-19-26(20-31-21-27)24-11-6-3-7-12-24)30(29)22-36-28-16-14-25(15-17-28)23-9-4-2-5-10-23/h2-7,9-12,19-21,25,28-30,32H,8,13-18,22H2,1H3/t25?,28?,29-,30?/m0/s1. The maximum atomic E-state index is 12.2. The van der Waals surface area contributed by atoms with Gasteiger partial charge in [0.2, 0.25) is 10.0 Å². The maximum absolute atomic E-state index is 12.2. The number of pyridine rings is 1. The summed E-state index contributed by atoms with van der Waals surface area (Å²) < 4.78 is 33.9. The first kappa shape index (κ1) is 25.9. The molecule has 3 aromatic rings. The Morgan fingerprint density at radius 3 is 2.32 bits per heavy atom. The first-order chi connectivity index (χ1) is 18.0. The highest BCUT2D eigenvalue weighted by Crippen LogP contribution is 2.35. The van der Waals surface area contributed by atoms with Crippen LogP contribution in [0.4, 0.5) is 5.69 Å². The number of sulfonamides is 1. The molecule has 1 unspecified atom stereocenters. The molecule has 2 heterocycles. The highest BCUT2D eigenvalue weighted by atomic mass is 32.2. The summed E-state index contributed by atoms with van der Waals surface area (Å²) in [4.78, 5) is 6.83. The van der Waals surface area contributed by atoms with Crippen molar-refractivity contribution in [2.45, 2.75) is 62.6 Å². The number of nitrogens with zero attached hydrogens (tertiary/aromatic N) is 2. The molecule has 2 aliphatic rings. The minimum absolute atomic E-state index is 0.0943. The van der Waals surface area contributed by atoms with Gasteiger partial charge in [0.25, 0.3) is 0 Å². The molecule has 5 rings (SSSR count). The van der Waals surface area contributed by atoms with Gasteiger partial charge in [-0.15, -0.1) is 0 Å². The molecule has 0 radical (unpaired) electrons. The number of aromatic nitrogens is 1. The second-order valence-electron chi connectivity index (χ2n) is 10.4. The summed E-state index contributed by atoms with van der Waals surface area (Å²) in [6, 6.07) is 22.8.